The minimum atomic E-state index is -0.421. The van der Waals surface area contributed by atoms with Crippen LogP contribution in [0, 0.1) is 0 Å². The Morgan fingerprint density at radius 2 is 1.67 bits per heavy atom. The number of nitrogens with one attached hydrogen (secondary N) is 1. The predicted molar refractivity (Wildman–Crippen MR) is 47.3 cm³/mol. The van der Waals surface area contributed by atoms with Gasteiger partial charge in [-0.3, -0.25) is 0 Å². The highest BCUT2D eigenvalue weighted by atomic mass is 28.3. The van der Waals surface area contributed by atoms with Crippen LogP contribution in [0.15, 0.2) is 0 Å². The zero-order valence-electron chi connectivity index (χ0n) is 7.07. The summed E-state index contributed by atoms with van der Waals surface area (Å²) in [4.78, 5) is 3.35. The quantitative estimate of drug-likeness (QED) is 0.561. The van der Waals surface area contributed by atoms with Gasteiger partial charge < -0.3 is 10.7 Å². The molecule has 0 saturated heterocycles. The lowest BCUT2D eigenvalue weighted by atomic mass is 10.8. The van der Waals surface area contributed by atoms with E-state index in [9.17, 15) is 0 Å². The van der Waals surface area contributed by atoms with E-state index in [0.29, 0.717) is 0 Å². The number of rotatable bonds is 2. The summed E-state index contributed by atoms with van der Waals surface area (Å²) in [7, 11) is -0.421. The van der Waals surface area contributed by atoms with Gasteiger partial charge in [0.1, 0.15) is 8.96 Å². The highest BCUT2D eigenvalue weighted by Gasteiger charge is 1.85. The molecule has 0 saturated carbocycles. The number of hydrogen-bond donors (Lipinski definition) is 2. The van der Waals surface area contributed by atoms with Crippen molar-refractivity contribution in [2.75, 3.05) is 13.1 Å². The van der Waals surface area contributed by atoms with Crippen molar-refractivity contribution >= 4 is 8.96 Å². The zero-order valence-corrected chi connectivity index (χ0v) is 8.22. The molecule has 0 amide bonds. The second-order valence-electron chi connectivity index (χ2n) is 2.12. The van der Waals surface area contributed by atoms with Crippen LogP contribution < -0.4 is 10.7 Å². The van der Waals surface area contributed by atoms with Crippen molar-refractivity contribution in [3.63, 3.8) is 0 Å². The first-order valence-corrected chi connectivity index (χ1v) is 6.51. The Morgan fingerprint density at radius 3 is 1.67 bits per heavy atom. The molecule has 9 heavy (non-hydrogen) atoms. The normalized spacial score (nSPS) is 8.67. The summed E-state index contributed by atoms with van der Waals surface area (Å²) < 4.78 is 0. The molecule has 0 aliphatic heterocycles. The van der Waals surface area contributed by atoms with Crippen molar-refractivity contribution in [2.24, 2.45) is 5.73 Å². The fourth-order valence-corrected chi connectivity index (χ4v) is 1.22. The van der Waals surface area contributed by atoms with Crippen molar-refractivity contribution in [1.29, 1.82) is 0 Å². The molecule has 58 valence electrons. The molecular formula is C6H20N2Si. The SMILES string of the molecule is CCN.CCN[SiH](C)C. The monoisotopic (exact) mass is 148 g/mol. The predicted octanol–water partition coefficient (Wildman–Crippen LogP) is 0.544. The molecular weight excluding hydrogens is 128 g/mol. The molecule has 0 aromatic carbocycles. The number of hydrogen-bond acceptors (Lipinski definition) is 2. The van der Waals surface area contributed by atoms with Crippen molar-refractivity contribution in [3.8, 4) is 0 Å². The van der Waals surface area contributed by atoms with Crippen LogP contribution in [-0.4, -0.2) is 22.0 Å². The van der Waals surface area contributed by atoms with Crippen LogP contribution in [0.2, 0.25) is 13.1 Å². The Labute approximate surface area is 60.5 Å². The molecule has 3 heteroatoms. The van der Waals surface area contributed by atoms with Crippen LogP contribution in [0.4, 0.5) is 0 Å². The lowest BCUT2D eigenvalue weighted by molar-refractivity contribution is 0.990. The van der Waals surface area contributed by atoms with E-state index in [1.165, 1.54) is 0 Å². The van der Waals surface area contributed by atoms with Gasteiger partial charge in [-0.1, -0.05) is 26.9 Å². The smallest absolute Gasteiger partial charge is 0.102 e. The maximum Gasteiger partial charge on any atom is 0.102 e. The van der Waals surface area contributed by atoms with Crippen molar-refractivity contribution in [3.05, 3.63) is 0 Å². The van der Waals surface area contributed by atoms with Crippen LogP contribution >= 0.6 is 0 Å². The Kier molecular flexibility index (Phi) is 14.5. The summed E-state index contributed by atoms with van der Waals surface area (Å²) >= 11 is 0. The molecule has 0 fully saturated rings. The molecule has 2 nitrogen and oxygen atoms in total. The molecule has 0 aromatic rings. The lowest BCUT2D eigenvalue weighted by Crippen LogP contribution is -2.26. The van der Waals surface area contributed by atoms with Crippen molar-refractivity contribution in [1.82, 2.24) is 4.98 Å². The fraction of sp³-hybridized carbons (Fsp3) is 1.00. The molecule has 0 unspecified atom stereocenters. The highest BCUT2D eigenvalue weighted by Crippen LogP contribution is 1.66. The third-order valence-corrected chi connectivity index (χ3v) is 1.84. The van der Waals surface area contributed by atoms with Gasteiger partial charge in [-0.15, -0.1) is 0 Å². The maximum atomic E-state index is 4.85. The molecule has 3 N–H and O–H groups in total. The van der Waals surface area contributed by atoms with E-state index in [1.807, 2.05) is 6.92 Å². The standard InChI is InChI=1S/C4H13NSi.C2H7N/c1-4-5-6(2)3;1-2-3/h5-6H,4H2,1-3H3;2-3H2,1H3. The lowest BCUT2D eigenvalue weighted by Gasteiger charge is -1.98. The van der Waals surface area contributed by atoms with E-state index >= 15 is 0 Å². The zero-order chi connectivity index (χ0) is 7.70. The Balaban J connectivity index is 0. The largest absolute Gasteiger partial charge is 0.340 e. The molecule has 0 heterocycles. The van der Waals surface area contributed by atoms with Gasteiger partial charge in [-0.2, -0.15) is 0 Å². The minimum absolute atomic E-state index is 0.421. The van der Waals surface area contributed by atoms with E-state index in [4.69, 9.17) is 5.73 Å². The summed E-state index contributed by atoms with van der Waals surface area (Å²) in [6.07, 6.45) is 0. The molecule has 0 aliphatic carbocycles. The summed E-state index contributed by atoms with van der Waals surface area (Å²) in [5.74, 6) is 0. The highest BCUT2D eigenvalue weighted by molar-refractivity contribution is 6.52. The second kappa shape index (κ2) is 11.0. The van der Waals surface area contributed by atoms with Crippen LogP contribution in [-0.2, 0) is 0 Å². The molecule has 0 spiro atoms. The third kappa shape index (κ3) is 31.1. The van der Waals surface area contributed by atoms with Crippen LogP contribution in [0.1, 0.15) is 13.8 Å². The van der Waals surface area contributed by atoms with Crippen LogP contribution in [0.5, 0.6) is 0 Å². The van der Waals surface area contributed by atoms with E-state index in [-0.39, 0.29) is 0 Å². The first kappa shape index (κ1) is 11.9. The maximum absolute atomic E-state index is 4.85. The van der Waals surface area contributed by atoms with Gasteiger partial charge in [-0.05, 0) is 13.1 Å². The average Bonchev–Trinajstić information content (AvgIpc) is 1.67. The van der Waals surface area contributed by atoms with E-state index < -0.39 is 8.96 Å². The van der Waals surface area contributed by atoms with E-state index in [0.717, 1.165) is 13.1 Å². The van der Waals surface area contributed by atoms with Crippen molar-refractivity contribution in [2.45, 2.75) is 26.9 Å². The van der Waals surface area contributed by atoms with Gasteiger partial charge >= 0.3 is 0 Å². The first-order valence-electron chi connectivity index (χ1n) is 3.62. The molecule has 0 aliphatic rings. The Bertz CT molecular complexity index is 40.0. The Hall–Kier alpha value is 0.137. The van der Waals surface area contributed by atoms with Gasteiger partial charge in [0, 0.05) is 0 Å². The van der Waals surface area contributed by atoms with E-state index in [2.05, 4.69) is 25.0 Å². The topological polar surface area (TPSA) is 38.0 Å². The summed E-state index contributed by atoms with van der Waals surface area (Å²) in [5, 5.41) is 0. The molecule has 0 radical (unpaired) electrons. The second-order valence-corrected chi connectivity index (χ2v) is 4.84. The molecule has 0 aromatic heterocycles. The summed E-state index contributed by atoms with van der Waals surface area (Å²) in [6, 6.07) is 0. The molecule has 0 bridgehead atoms. The third-order valence-electron chi connectivity index (χ3n) is 0.612. The molecule has 0 rings (SSSR count). The Morgan fingerprint density at radius 1 is 1.33 bits per heavy atom. The average molecular weight is 148 g/mol. The first-order chi connectivity index (χ1) is 4.18. The summed E-state index contributed by atoms with van der Waals surface area (Å²) in [5.41, 5.74) is 4.85. The minimum Gasteiger partial charge on any atom is -0.340 e. The van der Waals surface area contributed by atoms with Crippen LogP contribution in [0.25, 0.3) is 0 Å². The van der Waals surface area contributed by atoms with Gasteiger partial charge in [-0.25, -0.2) is 0 Å². The van der Waals surface area contributed by atoms with Gasteiger partial charge in [0.2, 0.25) is 0 Å². The van der Waals surface area contributed by atoms with Gasteiger partial charge in [0.15, 0.2) is 0 Å². The van der Waals surface area contributed by atoms with Crippen LogP contribution in [0.3, 0.4) is 0 Å². The number of nitrogens with two attached hydrogens (primary N) is 1. The van der Waals surface area contributed by atoms with Gasteiger partial charge in [0.05, 0.1) is 0 Å². The van der Waals surface area contributed by atoms with Crippen molar-refractivity contribution < 1.29 is 0 Å². The molecule has 0 atom stereocenters. The van der Waals surface area contributed by atoms with Gasteiger partial charge in [0.25, 0.3) is 0 Å². The fourth-order valence-electron chi connectivity index (χ4n) is 0.408. The summed E-state index contributed by atoms with van der Waals surface area (Å²) in [6.45, 7) is 10.5. The van der Waals surface area contributed by atoms with E-state index in [1.54, 1.807) is 0 Å².